The number of para-hydroxylation sites is 2. The van der Waals surface area contributed by atoms with Gasteiger partial charge in [-0.3, -0.25) is 9.69 Å². The van der Waals surface area contributed by atoms with E-state index in [1.165, 1.54) is 0 Å². The molecule has 1 atom stereocenters. The molecule has 1 aliphatic rings. The smallest absolute Gasteiger partial charge is 0.198 e. The number of Topliss-reactive ketones (excluding diaryl/α,β-unsaturated/α-hetero) is 1. The molecule has 4 aromatic rings. The van der Waals surface area contributed by atoms with E-state index in [0.717, 1.165) is 35.7 Å². The van der Waals surface area contributed by atoms with Crippen LogP contribution in [0.1, 0.15) is 38.1 Å². The van der Waals surface area contributed by atoms with E-state index in [0.29, 0.717) is 27.2 Å². The number of carbonyl (C=O) groups excluding carboxylic acids is 1. The lowest BCUT2D eigenvalue weighted by Crippen LogP contribution is -2.38. The quantitative estimate of drug-likeness (QED) is 0.187. The van der Waals surface area contributed by atoms with Crippen LogP contribution in [0.25, 0.3) is 0 Å². The Hall–Kier alpha value is -4.00. The van der Waals surface area contributed by atoms with E-state index in [4.69, 9.17) is 33.0 Å². The maximum atomic E-state index is 13.1. The third kappa shape index (κ3) is 5.90. The maximum Gasteiger partial charge on any atom is 0.198 e. The third-order valence-corrected chi connectivity index (χ3v) is 7.84. The molecule has 0 aromatic heterocycles. The minimum Gasteiger partial charge on any atom is -0.488 e. The summed E-state index contributed by atoms with van der Waals surface area (Å²) in [7, 11) is 0. The van der Waals surface area contributed by atoms with Crippen molar-refractivity contribution in [3.63, 3.8) is 0 Å². The summed E-state index contributed by atoms with van der Waals surface area (Å²) in [5, 5.41) is 7.83. The standard InChI is InChI=1S/C33H32Cl2N4O2/c1-4-37(5-2)24-18-20-25(21-19-24)38-32(23(3)40)36-39(26-12-7-6-8-13-26)33(38)27-14-9-10-17-31(27)41-22-28-29(34)15-11-16-30(28)35/h6-21,33H,4-5,22H2,1-3H3. The highest BCUT2D eigenvalue weighted by Crippen LogP contribution is 2.42. The molecule has 0 N–H and O–H groups in total. The number of hydrogen-bond donors (Lipinski definition) is 0. The predicted molar refractivity (Wildman–Crippen MR) is 169 cm³/mol. The van der Waals surface area contributed by atoms with Crippen LogP contribution in [0, 0.1) is 0 Å². The highest BCUT2D eigenvalue weighted by molar-refractivity contribution is 6.44. The van der Waals surface area contributed by atoms with Crippen molar-refractivity contribution in [2.75, 3.05) is 27.9 Å². The fourth-order valence-electron chi connectivity index (χ4n) is 5.04. The topological polar surface area (TPSA) is 48.4 Å². The molecule has 1 aliphatic heterocycles. The van der Waals surface area contributed by atoms with Crippen LogP contribution in [0.3, 0.4) is 0 Å². The number of rotatable bonds is 10. The summed E-state index contributed by atoms with van der Waals surface area (Å²) in [6.45, 7) is 7.82. The lowest BCUT2D eigenvalue weighted by Gasteiger charge is -2.33. The highest BCUT2D eigenvalue weighted by atomic mass is 35.5. The van der Waals surface area contributed by atoms with Crippen LogP contribution in [0.2, 0.25) is 10.0 Å². The second-order valence-corrected chi connectivity index (χ2v) is 10.4. The Labute approximate surface area is 251 Å². The van der Waals surface area contributed by atoms with Gasteiger partial charge >= 0.3 is 0 Å². The van der Waals surface area contributed by atoms with Gasteiger partial charge in [-0.25, -0.2) is 5.01 Å². The van der Waals surface area contributed by atoms with Gasteiger partial charge in [0.25, 0.3) is 0 Å². The Bertz CT molecular complexity index is 1520. The van der Waals surface area contributed by atoms with Crippen molar-refractivity contribution in [1.29, 1.82) is 0 Å². The average molecular weight is 588 g/mol. The molecule has 5 rings (SSSR count). The second kappa shape index (κ2) is 12.7. The molecule has 1 unspecified atom stereocenters. The van der Waals surface area contributed by atoms with Gasteiger partial charge in [0.05, 0.1) is 5.69 Å². The van der Waals surface area contributed by atoms with Gasteiger partial charge in [0.1, 0.15) is 12.4 Å². The van der Waals surface area contributed by atoms with Crippen LogP contribution >= 0.6 is 23.2 Å². The summed E-state index contributed by atoms with van der Waals surface area (Å²) in [6, 6.07) is 31.3. The number of hydrogen-bond acceptors (Lipinski definition) is 6. The number of hydrazone groups is 1. The fraction of sp³-hybridized carbons (Fsp3) is 0.212. The zero-order valence-electron chi connectivity index (χ0n) is 23.3. The number of amidine groups is 1. The number of nitrogens with zero attached hydrogens (tertiary/aromatic N) is 4. The number of benzene rings is 4. The average Bonchev–Trinajstić information content (AvgIpc) is 3.39. The van der Waals surface area contributed by atoms with Gasteiger partial charge in [-0.05, 0) is 68.4 Å². The van der Waals surface area contributed by atoms with Crippen molar-refractivity contribution in [2.45, 2.75) is 33.5 Å². The van der Waals surface area contributed by atoms with Crippen LogP contribution in [0.4, 0.5) is 17.1 Å². The molecule has 0 saturated heterocycles. The first kappa shape index (κ1) is 28.5. The molecule has 6 nitrogen and oxygen atoms in total. The highest BCUT2D eigenvalue weighted by Gasteiger charge is 2.40. The Morgan fingerprint density at radius 3 is 2.10 bits per heavy atom. The molecule has 0 bridgehead atoms. The van der Waals surface area contributed by atoms with Crippen molar-refractivity contribution in [2.24, 2.45) is 5.10 Å². The van der Waals surface area contributed by atoms with Crippen LogP contribution in [0.15, 0.2) is 102 Å². The predicted octanol–water partition coefficient (Wildman–Crippen LogP) is 8.35. The molecule has 4 aromatic carbocycles. The molecule has 0 fully saturated rings. The van der Waals surface area contributed by atoms with Gasteiger partial charge < -0.3 is 9.64 Å². The number of carbonyl (C=O) groups is 1. The number of anilines is 3. The minimum atomic E-state index is -0.492. The van der Waals surface area contributed by atoms with Gasteiger partial charge in [0, 0.05) is 52.6 Å². The monoisotopic (exact) mass is 586 g/mol. The van der Waals surface area contributed by atoms with Gasteiger partial charge in [-0.15, -0.1) is 5.10 Å². The molecule has 0 amide bonds. The van der Waals surface area contributed by atoms with Crippen molar-refractivity contribution in [3.8, 4) is 5.75 Å². The summed E-state index contributed by atoms with van der Waals surface area (Å²) in [6.07, 6.45) is -0.492. The van der Waals surface area contributed by atoms with Crippen LogP contribution in [0.5, 0.6) is 5.75 Å². The Morgan fingerprint density at radius 2 is 1.46 bits per heavy atom. The zero-order valence-corrected chi connectivity index (χ0v) is 24.8. The first-order chi connectivity index (χ1) is 19.9. The Morgan fingerprint density at radius 1 is 0.829 bits per heavy atom. The minimum absolute atomic E-state index is 0.137. The lowest BCUT2D eigenvalue weighted by atomic mass is 10.1. The summed E-state index contributed by atoms with van der Waals surface area (Å²) in [4.78, 5) is 17.3. The van der Waals surface area contributed by atoms with Gasteiger partial charge in [0.2, 0.25) is 0 Å². The number of halogens is 2. The van der Waals surface area contributed by atoms with Crippen molar-refractivity contribution in [1.82, 2.24) is 0 Å². The molecule has 8 heteroatoms. The fourth-order valence-corrected chi connectivity index (χ4v) is 5.55. The summed E-state index contributed by atoms with van der Waals surface area (Å²) in [5.41, 5.74) is 4.37. The molecule has 210 valence electrons. The van der Waals surface area contributed by atoms with E-state index in [1.807, 2.05) is 82.7 Å². The first-order valence-electron chi connectivity index (χ1n) is 13.7. The van der Waals surface area contributed by atoms with Crippen LogP contribution < -0.4 is 19.5 Å². The van der Waals surface area contributed by atoms with E-state index in [1.54, 1.807) is 19.1 Å². The van der Waals surface area contributed by atoms with Crippen LogP contribution in [-0.4, -0.2) is 24.7 Å². The Balaban J connectivity index is 1.60. The van der Waals surface area contributed by atoms with Crippen molar-refractivity contribution in [3.05, 3.63) is 118 Å². The molecule has 41 heavy (non-hydrogen) atoms. The maximum absolute atomic E-state index is 13.1. The summed E-state index contributed by atoms with van der Waals surface area (Å²) in [5.74, 6) is 0.847. The SMILES string of the molecule is CCN(CC)c1ccc(N2C(C(C)=O)=NN(c3ccccc3)C2c2ccccc2OCc2c(Cl)cccc2Cl)cc1. The molecule has 1 heterocycles. The molecular formula is C33H32Cl2N4O2. The van der Waals surface area contributed by atoms with Crippen LogP contribution in [-0.2, 0) is 11.4 Å². The lowest BCUT2D eigenvalue weighted by molar-refractivity contribution is -0.111. The normalized spacial score (nSPS) is 14.7. The Kier molecular flexibility index (Phi) is 8.81. The number of ketones is 1. The molecular weight excluding hydrogens is 555 g/mol. The summed E-state index contributed by atoms with van der Waals surface area (Å²) >= 11 is 12.9. The largest absolute Gasteiger partial charge is 0.488 e. The molecule has 0 radical (unpaired) electrons. The van der Waals surface area contributed by atoms with E-state index in [9.17, 15) is 4.79 Å². The second-order valence-electron chi connectivity index (χ2n) is 9.62. The van der Waals surface area contributed by atoms with Gasteiger partial charge in [-0.1, -0.05) is 65.7 Å². The van der Waals surface area contributed by atoms with E-state index < -0.39 is 6.17 Å². The summed E-state index contributed by atoms with van der Waals surface area (Å²) < 4.78 is 6.38. The third-order valence-electron chi connectivity index (χ3n) is 7.13. The van der Waals surface area contributed by atoms with Crippen molar-refractivity contribution < 1.29 is 9.53 Å². The zero-order chi connectivity index (χ0) is 28.9. The molecule has 0 spiro atoms. The van der Waals surface area contributed by atoms with E-state index >= 15 is 0 Å². The van der Waals surface area contributed by atoms with E-state index in [-0.39, 0.29) is 12.4 Å². The van der Waals surface area contributed by atoms with E-state index in [2.05, 4.69) is 30.9 Å². The van der Waals surface area contributed by atoms with Crippen molar-refractivity contribution >= 4 is 51.9 Å². The molecule has 0 saturated carbocycles. The molecule has 0 aliphatic carbocycles. The number of ether oxygens (including phenoxy) is 1. The van der Waals surface area contributed by atoms with Gasteiger partial charge in [0.15, 0.2) is 17.8 Å². The first-order valence-corrected chi connectivity index (χ1v) is 14.4. The van der Waals surface area contributed by atoms with Gasteiger partial charge in [-0.2, -0.15) is 0 Å².